The lowest BCUT2D eigenvalue weighted by molar-refractivity contribution is 0.669. The van der Waals surface area contributed by atoms with Crippen LogP contribution in [0, 0.1) is 0 Å². The largest absolute Gasteiger partial charge is 0.456 e. The van der Waals surface area contributed by atoms with Crippen LogP contribution < -0.4 is 4.90 Å². The van der Waals surface area contributed by atoms with E-state index in [9.17, 15) is 0 Å². The molecule has 226 valence electrons. The van der Waals surface area contributed by atoms with Crippen LogP contribution in [0.3, 0.4) is 0 Å². The lowest BCUT2D eigenvalue weighted by atomic mass is 9.93. The van der Waals surface area contributed by atoms with Crippen molar-refractivity contribution < 1.29 is 4.42 Å². The first-order valence-corrected chi connectivity index (χ1v) is 16.3. The first-order valence-electron chi connectivity index (χ1n) is 16.3. The summed E-state index contributed by atoms with van der Waals surface area (Å²) in [6, 6.07) is 66.9. The van der Waals surface area contributed by atoms with E-state index in [0.29, 0.717) is 0 Å². The summed E-state index contributed by atoms with van der Waals surface area (Å²) < 4.78 is 6.33. The molecule has 0 saturated heterocycles. The summed E-state index contributed by atoms with van der Waals surface area (Å²) in [4.78, 5) is 2.31. The van der Waals surface area contributed by atoms with E-state index >= 15 is 0 Å². The molecule has 2 nitrogen and oxygen atoms in total. The highest BCUT2D eigenvalue weighted by Crippen LogP contribution is 2.40. The number of nitrogens with zero attached hydrogens (tertiary/aromatic N) is 1. The molecule has 9 aromatic rings. The zero-order valence-electron chi connectivity index (χ0n) is 26.3. The van der Waals surface area contributed by atoms with Crippen LogP contribution in [0.2, 0.25) is 0 Å². The summed E-state index contributed by atoms with van der Waals surface area (Å²) in [6.45, 7) is 0. The second kappa shape index (κ2) is 11.8. The van der Waals surface area contributed by atoms with E-state index in [1.165, 1.54) is 44.2 Å². The summed E-state index contributed by atoms with van der Waals surface area (Å²) in [5.41, 5.74) is 12.2. The van der Waals surface area contributed by atoms with Gasteiger partial charge in [0.15, 0.2) is 0 Å². The predicted octanol–water partition coefficient (Wildman–Crippen LogP) is 13.2. The number of anilines is 3. The Balaban J connectivity index is 1.15. The molecular formula is C46H31NO. The highest BCUT2D eigenvalue weighted by molar-refractivity contribution is 6.06. The Hall–Kier alpha value is -6.38. The molecule has 48 heavy (non-hydrogen) atoms. The smallest absolute Gasteiger partial charge is 0.137 e. The monoisotopic (exact) mass is 613 g/mol. The van der Waals surface area contributed by atoms with Gasteiger partial charge in [0, 0.05) is 33.9 Å². The van der Waals surface area contributed by atoms with Crippen molar-refractivity contribution in [1.82, 2.24) is 0 Å². The van der Waals surface area contributed by atoms with Crippen LogP contribution in [0.25, 0.3) is 66.1 Å². The molecule has 0 aliphatic carbocycles. The second-order valence-electron chi connectivity index (χ2n) is 12.2. The van der Waals surface area contributed by atoms with E-state index in [4.69, 9.17) is 4.42 Å². The van der Waals surface area contributed by atoms with Crippen molar-refractivity contribution in [3.05, 3.63) is 188 Å². The van der Waals surface area contributed by atoms with E-state index in [0.717, 1.165) is 39.0 Å². The SMILES string of the molecule is c1ccc(-c2ccc(N(c3ccc(-c4cc(-c5ccccc5)c5ccccc5c4)cc3)c3ccc4c(c3)oc3ccccc34)cc2)cc1. The van der Waals surface area contributed by atoms with Gasteiger partial charge in [-0.25, -0.2) is 0 Å². The first-order chi connectivity index (χ1) is 23.8. The van der Waals surface area contributed by atoms with Crippen molar-refractivity contribution in [3.8, 4) is 33.4 Å². The molecule has 2 heteroatoms. The maximum Gasteiger partial charge on any atom is 0.137 e. The molecule has 0 amide bonds. The molecule has 0 unspecified atom stereocenters. The fourth-order valence-electron chi connectivity index (χ4n) is 6.87. The summed E-state index contributed by atoms with van der Waals surface area (Å²) >= 11 is 0. The lowest BCUT2D eigenvalue weighted by Gasteiger charge is -2.26. The Morgan fingerprint density at radius 1 is 0.312 bits per heavy atom. The van der Waals surface area contributed by atoms with E-state index in [2.05, 4.69) is 181 Å². The number of hydrogen-bond acceptors (Lipinski definition) is 2. The lowest BCUT2D eigenvalue weighted by Crippen LogP contribution is -2.09. The highest BCUT2D eigenvalue weighted by Gasteiger charge is 2.16. The molecule has 0 radical (unpaired) electrons. The van der Waals surface area contributed by atoms with Crippen molar-refractivity contribution in [2.75, 3.05) is 4.90 Å². The molecule has 0 N–H and O–H groups in total. The van der Waals surface area contributed by atoms with Crippen LogP contribution >= 0.6 is 0 Å². The van der Waals surface area contributed by atoms with Gasteiger partial charge in [-0.15, -0.1) is 0 Å². The summed E-state index contributed by atoms with van der Waals surface area (Å²) in [5.74, 6) is 0. The van der Waals surface area contributed by atoms with Crippen LogP contribution in [0.4, 0.5) is 17.1 Å². The van der Waals surface area contributed by atoms with Crippen molar-refractivity contribution in [1.29, 1.82) is 0 Å². The van der Waals surface area contributed by atoms with Gasteiger partial charge < -0.3 is 9.32 Å². The minimum atomic E-state index is 0.876. The third-order valence-corrected chi connectivity index (χ3v) is 9.26. The molecule has 1 heterocycles. The Bertz CT molecular complexity index is 2530. The summed E-state index contributed by atoms with van der Waals surface area (Å²) in [7, 11) is 0. The topological polar surface area (TPSA) is 16.4 Å². The third-order valence-electron chi connectivity index (χ3n) is 9.26. The van der Waals surface area contributed by atoms with Crippen molar-refractivity contribution in [3.63, 3.8) is 0 Å². The van der Waals surface area contributed by atoms with Gasteiger partial charge >= 0.3 is 0 Å². The van der Waals surface area contributed by atoms with Crippen molar-refractivity contribution >= 4 is 49.8 Å². The van der Waals surface area contributed by atoms with E-state index in [1.54, 1.807) is 0 Å². The second-order valence-corrected chi connectivity index (χ2v) is 12.2. The zero-order chi connectivity index (χ0) is 31.9. The molecule has 8 aromatic carbocycles. The Morgan fingerprint density at radius 2 is 0.833 bits per heavy atom. The molecule has 0 bridgehead atoms. The van der Waals surface area contributed by atoms with Crippen LogP contribution in [0.1, 0.15) is 0 Å². The number of rotatable bonds is 6. The first kappa shape index (κ1) is 27.9. The molecule has 0 aliphatic rings. The molecule has 1 aromatic heterocycles. The molecular weight excluding hydrogens is 583 g/mol. The van der Waals surface area contributed by atoms with E-state index < -0.39 is 0 Å². The van der Waals surface area contributed by atoms with Gasteiger partial charge in [0.1, 0.15) is 11.2 Å². The van der Waals surface area contributed by atoms with Crippen LogP contribution in [0.5, 0.6) is 0 Å². The number of benzene rings is 8. The number of para-hydroxylation sites is 1. The molecule has 0 atom stereocenters. The quantitative estimate of drug-likeness (QED) is 0.185. The summed E-state index contributed by atoms with van der Waals surface area (Å²) in [5, 5.41) is 4.74. The minimum Gasteiger partial charge on any atom is -0.456 e. The van der Waals surface area contributed by atoms with Crippen molar-refractivity contribution in [2.24, 2.45) is 0 Å². The molecule has 0 spiro atoms. The molecule has 9 rings (SSSR count). The summed E-state index contributed by atoms with van der Waals surface area (Å²) in [6.07, 6.45) is 0. The van der Waals surface area contributed by atoms with Gasteiger partial charge in [-0.05, 0) is 98.8 Å². The normalized spacial score (nSPS) is 11.3. The highest BCUT2D eigenvalue weighted by atomic mass is 16.3. The van der Waals surface area contributed by atoms with Gasteiger partial charge in [0.05, 0.1) is 0 Å². The average molecular weight is 614 g/mol. The van der Waals surface area contributed by atoms with Crippen LogP contribution in [-0.4, -0.2) is 0 Å². The Morgan fingerprint density at radius 3 is 1.54 bits per heavy atom. The van der Waals surface area contributed by atoms with Gasteiger partial charge in [0.25, 0.3) is 0 Å². The van der Waals surface area contributed by atoms with E-state index in [-0.39, 0.29) is 0 Å². The Kier molecular flexibility index (Phi) is 6.84. The maximum atomic E-state index is 6.33. The fourth-order valence-corrected chi connectivity index (χ4v) is 6.87. The average Bonchev–Trinajstić information content (AvgIpc) is 3.54. The van der Waals surface area contributed by atoms with Crippen LogP contribution in [-0.2, 0) is 0 Å². The van der Waals surface area contributed by atoms with E-state index in [1.807, 2.05) is 12.1 Å². The maximum absolute atomic E-state index is 6.33. The number of furan rings is 1. The molecule has 0 aliphatic heterocycles. The van der Waals surface area contributed by atoms with Gasteiger partial charge in [-0.3, -0.25) is 0 Å². The molecule has 0 saturated carbocycles. The third kappa shape index (κ3) is 5.01. The Labute approximate surface area is 279 Å². The molecule has 0 fully saturated rings. The van der Waals surface area contributed by atoms with Gasteiger partial charge in [-0.2, -0.15) is 0 Å². The number of hydrogen-bond donors (Lipinski definition) is 0. The zero-order valence-corrected chi connectivity index (χ0v) is 26.3. The fraction of sp³-hybridized carbons (Fsp3) is 0. The van der Waals surface area contributed by atoms with Gasteiger partial charge in [-0.1, -0.05) is 127 Å². The van der Waals surface area contributed by atoms with Crippen molar-refractivity contribution in [2.45, 2.75) is 0 Å². The van der Waals surface area contributed by atoms with Gasteiger partial charge in [0.2, 0.25) is 0 Å². The number of fused-ring (bicyclic) bond motifs is 4. The minimum absolute atomic E-state index is 0.876. The standard InChI is InChI=1S/C46H31NO/c1-3-11-32(12-4-1)33-19-23-38(24-20-33)47(40-27-28-43-42-17-9-10-18-45(42)48-46(43)31-40)39-25-21-34(22-26-39)37-29-36-15-7-8-16-41(36)44(30-37)35-13-5-2-6-14-35/h1-31H. The van der Waals surface area contributed by atoms with Crippen LogP contribution in [0.15, 0.2) is 192 Å². The predicted molar refractivity (Wildman–Crippen MR) is 202 cm³/mol.